The molecule has 0 spiro atoms. The van der Waals surface area contributed by atoms with Gasteiger partial charge in [0, 0.05) is 19.3 Å². The fraction of sp³-hybridized carbons (Fsp3) is 0.429. The van der Waals surface area contributed by atoms with Crippen molar-refractivity contribution in [2.75, 3.05) is 19.7 Å². The first kappa shape index (κ1) is 13.5. The number of hydrogen-bond acceptors (Lipinski definition) is 3. The lowest BCUT2D eigenvalue weighted by Crippen LogP contribution is -2.34. The molecule has 0 unspecified atom stereocenters. The fourth-order valence-electron chi connectivity index (χ4n) is 2.19. The van der Waals surface area contributed by atoms with E-state index in [9.17, 15) is 4.79 Å². The number of aliphatic hydroxyl groups excluding tert-OH is 1. The van der Waals surface area contributed by atoms with E-state index in [1.165, 1.54) is 0 Å². The highest BCUT2D eigenvalue weighted by Gasteiger charge is 2.22. The maximum atomic E-state index is 12.6. The number of likely N-dealkylation sites (N-methyl/N-ethyl adjacent to an activating group) is 1. The van der Waals surface area contributed by atoms with Gasteiger partial charge in [0.25, 0.3) is 5.91 Å². The van der Waals surface area contributed by atoms with Crippen LogP contribution in [0.4, 0.5) is 0 Å². The predicted octanol–water partition coefficient (Wildman–Crippen LogP) is 1.35. The Morgan fingerprint density at radius 2 is 2.21 bits per heavy atom. The molecule has 0 aromatic carbocycles. The largest absolute Gasteiger partial charge is 0.395 e. The molecule has 0 atom stereocenters. The van der Waals surface area contributed by atoms with Crippen molar-refractivity contribution in [3.63, 3.8) is 0 Å². The zero-order chi connectivity index (χ0) is 13.8. The molecular weight excluding hydrogens is 242 g/mol. The van der Waals surface area contributed by atoms with Crippen molar-refractivity contribution in [1.29, 1.82) is 0 Å². The Morgan fingerprint density at radius 1 is 1.42 bits per heavy atom. The van der Waals surface area contributed by atoms with Crippen LogP contribution in [0.25, 0.3) is 5.65 Å². The lowest BCUT2D eigenvalue weighted by atomic mass is 10.2. The topological polar surface area (TPSA) is 57.8 Å². The third-order valence-corrected chi connectivity index (χ3v) is 3.18. The first-order chi connectivity index (χ1) is 9.22. The first-order valence-electron chi connectivity index (χ1n) is 6.59. The van der Waals surface area contributed by atoms with Gasteiger partial charge < -0.3 is 10.0 Å². The van der Waals surface area contributed by atoms with Crippen LogP contribution in [-0.2, 0) is 6.42 Å². The van der Waals surface area contributed by atoms with Crippen LogP contribution in [0.15, 0.2) is 24.4 Å². The van der Waals surface area contributed by atoms with E-state index in [4.69, 9.17) is 5.11 Å². The van der Waals surface area contributed by atoms with Crippen LogP contribution in [0.5, 0.6) is 0 Å². The Kier molecular flexibility index (Phi) is 4.16. The number of fused-ring (bicyclic) bond motifs is 1. The van der Waals surface area contributed by atoms with Crippen molar-refractivity contribution in [2.45, 2.75) is 20.3 Å². The second-order valence-corrected chi connectivity index (χ2v) is 4.30. The quantitative estimate of drug-likeness (QED) is 0.884. The van der Waals surface area contributed by atoms with E-state index >= 15 is 0 Å². The normalized spacial score (nSPS) is 10.9. The zero-order valence-electron chi connectivity index (χ0n) is 11.3. The van der Waals surface area contributed by atoms with Crippen LogP contribution in [0.3, 0.4) is 0 Å². The third-order valence-electron chi connectivity index (χ3n) is 3.18. The summed E-state index contributed by atoms with van der Waals surface area (Å²) in [4.78, 5) is 18.7. The SMILES string of the molecule is CCc1nc2ccccn2c1C(=O)N(CC)CCO. The summed E-state index contributed by atoms with van der Waals surface area (Å²) >= 11 is 0. The van der Waals surface area contributed by atoms with Gasteiger partial charge in [-0.05, 0) is 25.5 Å². The molecule has 1 amide bonds. The number of carbonyl (C=O) groups excluding carboxylic acids is 1. The number of rotatable bonds is 5. The molecule has 2 aromatic heterocycles. The van der Waals surface area contributed by atoms with Gasteiger partial charge in [-0.25, -0.2) is 4.98 Å². The fourth-order valence-corrected chi connectivity index (χ4v) is 2.19. The minimum absolute atomic E-state index is 0.0300. The average Bonchev–Trinajstić information content (AvgIpc) is 2.82. The standard InChI is InChI=1S/C14H19N3O2/c1-3-11-13(14(19)16(4-2)9-10-18)17-8-6-5-7-12(17)15-11/h5-8,18H,3-4,9-10H2,1-2H3. The van der Waals surface area contributed by atoms with Crippen LogP contribution >= 0.6 is 0 Å². The van der Waals surface area contributed by atoms with Gasteiger partial charge in [0.1, 0.15) is 11.3 Å². The Morgan fingerprint density at radius 3 is 2.84 bits per heavy atom. The number of pyridine rings is 1. The van der Waals surface area contributed by atoms with Gasteiger partial charge >= 0.3 is 0 Å². The molecule has 2 aromatic rings. The van der Waals surface area contributed by atoms with Crippen molar-refractivity contribution in [1.82, 2.24) is 14.3 Å². The highest BCUT2D eigenvalue weighted by Crippen LogP contribution is 2.15. The van der Waals surface area contributed by atoms with E-state index in [1.807, 2.05) is 42.6 Å². The molecule has 0 radical (unpaired) electrons. The Balaban J connectivity index is 2.50. The van der Waals surface area contributed by atoms with Crippen molar-refractivity contribution in [2.24, 2.45) is 0 Å². The highest BCUT2D eigenvalue weighted by molar-refractivity contribution is 5.94. The first-order valence-corrected chi connectivity index (χ1v) is 6.59. The monoisotopic (exact) mass is 261 g/mol. The lowest BCUT2D eigenvalue weighted by Gasteiger charge is -2.19. The zero-order valence-corrected chi connectivity index (χ0v) is 11.3. The summed E-state index contributed by atoms with van der Waals surface area (Å²) in [5.74, 6) is -0.0768. The molecule has 0 aliphatic heterocycles. The molecule has 2 heterocycles. The maximum absolute atomic E-state index is 12.6. The van der Waals surface area contributed by atoms with E-state index in [-0.39, 0.29) is 12.5 Å². The second-order valence-electron chi connectivity index (χ2n) is 4.30. The van der Waals surface area contributed by atoms with Crippen molar-refractivity contribution >= 4 is 11.6 Å². The molecular formula is C14H19N3O2. The molecule has 0 saturated carbocycles. The Hall–Kier alpha value is -1.88. The summed E-state index contributed by atoms with van der Waals surface area (Å²) in [7, 11) is 0. The van der Waals surface area contributed by atoms with Crippen LogP contribution in [-0.4, -0.2) is 45.0 Å². The number of nitrogens with zero attached hydrogens (tertiary/aromatic N) is 3. The van der Waals surface area contributed by atoms with Crippen LogP contribution in [0, 0.1) is 0 Å². The van der Waals surface area contributed by atoms with E-state index < -0.39 is 0 Å². The van der Waals surface area contributed by atoms with Crippen molar-refractivity contribution in [3.8, 4) is 0 Å². The summed E-state index contributed by atoms with van der Waals surface area (Å²) in [5.41, 5.74) is 2.18. The van der Waals surface area contributed by atoms with Crippen LogP contribution in [0.1, 0.15) is 30.0 Å². The smallest absolute Gasteiger partial charge is 0.272 e. The molecule has 0 bridgehead atoms. The average molecular weight is 261 g/mol. The molecule has 0 aliphatic carbocycles. The molecule has 0 fully saturated rings. The summed E-state index contributed by atoms with van der Waals surface area (Å²) in [6, 6.07) is 5.67. The van der Waals surface area contributed by atoms with Gasteiger partial charge in [0.05, 0.1) is 12.3 Å². The van der Waals surface area contributed by atoms with Gasteiger partial charge in [-0.3, -0.25) is 9.20 Å². The van der Waals surface area contributed by atoms with Crippen molar-refractivity contribution in [3.05, 3.63) is 35.8 Å². The lowest BCUT2D eigenvalue weighted by molar-refractivity contribution is 0.0724. The Bertz CT molecular complexity index is 577. The summed E-state index contributed by atoms with van der Waals surface area (Å²) in [6.45, 7) is 4.78. The number of imidazole rings is 1. The number of aryl methyl sites for hydroxylation is 1. The number of aliphatic hydroxyl groups is 1. The molecule has 102 valence electrons. The van der Waals surface area contributed by atoms with Crippen LogP contribution in [0.2, 0.25) is 0 Å². The summed E-state index contributed by atoms with van der Waals surface area (Å²) in [6.07, 6.45) is 2.56. The van der Waals surface area contributed by atoms with Crippen LogP contribution < -0.4 is 0 Å². The minimum atomic E-state index is -0.0768. The van der Waals surface area contributed by atoms with Gasteiger partial charge in [0.2, 0.25) is 0 Å². The summed E-state index contributed by atoms with van der Waals surface area (Å²) < 4.78 is 1.82. The minimum Gasteiger partial charge on any atom is -0.395 e. The molecule has 0 saturated heterocycles. The molecule has 1 N–H and O–H groups in total. The molecule has 5 nitrogen and oxygen atoms in total. The molecule has 19 heavy (non-hydrogen) atoms. The third kappa shape index (κ3) is 2.46. The number of carbonyl (C=O) groups is 1. The summed E-state index contributed by atoms with van der Waals surface area (Å²) in [5, 5.41) is 9.04. The van der Waals surface area contributed by atoms with E-state index in [0.717, 1.165) is 11.3 Å². The van der Waals surface area contributed by atoms with E-state index in [1.54, 1.807) is 4.90 Å². The Labute approximate surface area is 112 Å². The number of hydrogen-bond donors (Lipinski definition) is 1. The predicted molar refractivity (Wildman–Crippen MR) is 73.2 cm³/mol. The molecule has 5 heteroatoms. The second kappa shape index (κ2) is 5.84. The van der Waals surface area contributed by atoms with E-state index in [2.05, 4.69) is 4.98 Å². The maximum Gasteiger partial charge on any atom is 0.272 e. The van der Waals surface area contributed by atoms with Gasteiger partial charge in [-0.1, -0.05) is 13.0 Å². The van der Waals surface area contributed by atoms with Gasteiger partial charge in [-0.2, -0.15) is 0 Å². The highest BCUT2D eigenvalue weighted by atomic mass is 16.3. The van der Waals surface area contributed by atoms with Crippen molar-refractivity contribution < 1.29 is 9.90 Å². The number of aromatic nitrogens is 2. The van der Waals surface area contributed by atoms with E-state index in [0.29, 0.717) is 25.2 Å². The number of amides is 1. The van der Waals surface area contributed by atoms with Gasteiger partial charge in [0.15, 0.2) is 0 Å². The molecule has 0 aliphatic rings. The molecule has 2 rings (SSSR count). The van der Waals surface area contributed by atoms with Gasteiger partial charge in [-0.15, -0.1) is 0 Å².